The van der Waals surface area contributed by atoms with E-state index in [4.69, 9.17) is 4.74 Å². The maximum Gasteiger partial charge on any atom is 0.162 e. The van der Waals surface area contributed by atoms with Crippen LogP contribution in [0.15, 0.2) is 18.2 Å². The Morgan fingerprint density at radius 3 is 2.89 bits per heavy atom. The fraction of sp³-hybridized carbons (Fsp3) is 0.571. The third-order valence-electron chi connectivity index (χ3n) is 3.64. The Hall–Kier alpha value is -1.26. The molecule has 4 nitrogen and oxygen atoms in total. The molecule has 1 aliphatic rings. The molecule has 1 fully saturated rings. The third kappa shape index (κ3) is 2.60. The zero-order valence-electron chi connectivity index (χ0n) is 11.4. The second-order valence-corrected chi connectivity index (χ2v) is 5.38. The molecule has 0 unspecified atom stereocenters. The molecule has 1 saturated heterocycles. The van der Waals surface area contributed by atoms with Crippen molar-refractivity contribution in [3.05, 3.63) is 23.8 Å². The number of para-hydroxylation sites is 1. The number of methoxy groups -OCH3 is 1. The average molecular weight is 250 g/mol. The lowest BCUT2D eigenvalue weighted by Crippen LogP contribution is -2.57. The maximum absolute atomic E-state index is 10.1. The van der Waals surface area contributed by atoms with Crippen molar-refractivity contribution in [1.82, 2.24) is 10.2 Å². The van der Waals surface area contributed by atoms with Gasteiger partial charge >= 0.3 is 0 Å². The van der Waals surface area contributed by atoms with E-state index in [9.17, 15) is 5.11 Å². The number of nitrogens with zero attached hydrogens (tertiary/aromatic N) is 1. The Bertz CT molecular complexity index is 418. The molecule has 4 heteroatoms. The van der Waals surface area contributed by atoms with Gasteiger partial charge < -0.3 is 15.2 Å². The smallest absolute Gasteiger partial charge is 0.162 e. The number of aromatic hydroxyl groups is 1. The van der Waals surface area contributed by atoms with Crippen LogP contribution in [0.5, 0.6) is 11.5 Å². The summed E-state index contributed by atoms with van der Waals surface area (Å²) in [5.74, 6) is 0.801. The van der Waals surface area contributed by atoms with E-state index < -0.39 is 0 Å². The summed E-state index contributed by atoms with van der Waals surface area (Å²) in [6, 6.07) is 5.65. The molecule has 2 rings (SSSR count). The molecule has 1 heterocycles. The van der Waals surface area contributed by atoms with Gasteiger partial charge in [0.25, 0.3) is 0 Å². The Kier molecular flexibility index (Phi) is 3.78. The van der Waals surface area contributed by atoms with E-state index in [2.05, 4.69) is 24.1 Å². The van der Waals surface area contributed by atoms with E-state index in [1.54, 1.807) is 13.2 Å². The molecule has 100 valence electrons. The largest absolute Gasteiger partial charge is 0.504 e. The standard InChI is InChI=1S/C14H22N2O2/c1-14(2)10-15-7-8-16(14)9-11-5-4-6-12(18-3)13(11)17/h4-6,15,17H,7-10H2,1-3H3. The van der Waals surface area contributed by atoms with Gasteiger partial charge in [0, 0.05) is 37.3 Å². The van der Waals surface area contributed by atoms with E-state index in [1.807, 2.05) is 12.1 Å². The van der Waals surface area contributed by atoms with Crippen LogP contribution in [0.25, 0.3) is 0 Å². The highest BCUT2D eigenvalue weighted by molar-refractivity contribution is 5.45. The van der Waals surface area contributed by atoms with Crippen LogP contribution in [0.2, 0.25) is 0 Å². The monoisotopic (exact) mass is 250 g/mol. The van der Waals surface area contributed by atoms with Gasteiger partial charge in [-0.1, -0.05) is 12.1 Å². The Labute approximate surface area is 109 Å². The van der Waals surface area contributed by atoms with Gasteiger partial charge in [-0.3, -0.25) is 4.90 Å². The highest BCUT2D eigenvalue weighted by Crippen LogP contribution is 2.31. The first-order chi connectivity index (χ1) is 8.54. The molecule has 0 radical (unpaired) electrons. The average Bonchev–Trinajstić information content (AvgIpc) is 2.34. The van der Waals surface area contributed by atoms with Crippen molar-refractivity contribution in [2.45, 2.75) is 25.9 Å². The van der Waals surface area contributed by atoms with Crippen molar-refractivity contribution >= 4 is 0 Å². The van der Waals surface area contributed by atoms with Crippen LogP contribution in [0.1, 0.15) is 19.4 Å². The predicted molar refractivity (Wildman–Crippen MR) is 72.0 cm³/mol. The number of phenolic OH excluding ortho intramolecular Hbond substituents is 1. The number of hydrogen-bond donors (Lipinski definition) is 2. The van der Waals surface area contributed by atoms with Gasteiger partial charge in [-0.2, -0.15) is 0 Å². The van der Waals surface area contributed by atoms with Crippen molar-refractivity contribution in [3.8, 4) is 11.5 Å². The van der Waals surface area contributed by atoms with Gasteiger partial charge in [-0.15, -0.1) is 0 Å². The first kappa shape index (κ1) is 13.2. The molecule has 18 heavy (non-hydrogen) atoms. The van der Waals surface area contributed by atoms with Crippen molar-refractivity contribution < 1.29 is 9.84 Å². The minimum Gasteiger partial charge on any atom is -0.504 e. The summed E-state index contributed by atoms with van der Waals surface area (Å²) in [7, 11) is 1.58. The van der Waals surface area contributed by atoms with Gasteiger partial charge in [0.1, 0.15) is 0 Å². The summed E-state index contributed by atoms with van der Waals surface area (Å²) in [6.45, 7) is 8.14. The molecule has 0 saturated carbocycles. The molecule has 0 bridgehead atoms. The molecule has 1 aliphatic heterocycles. The van der Waals surface area contributed by atoms with Gasteiger partial charge in [0.15, 0.2) is 11.5 Å². The van der Waals surface area contributed by atoms with Crippen molar-refractivity contribution in [3.63, 3.8) is 0 Å². The summed E-state index contributed by atoms with van der Waals surface area (Å²) in [5, 5.41) is 13.5. The van der Waals surface area contributed by atoms with E-state index in [-0.39, 0.29) is 11.3 Å². The summed E-state index contributed by atoms with van der Waals surface area (Å²) < 4.78 is 5.15. The summed E-state index contributed by atoms with van der Waals surface area (Å²) in [6.07, 6.45) is 0. The molecule has 1 aromatic rings. The van der Waals surface area contributed by atoms with Crippen LogP contribution >= 0.6 is 0 Å². The van der Waals surface area contributed by atoms with Crippen LogP contribution in [-0.4, -0.2) is 42.3 Å². The van der Waals surface area contributed by atoms with Crippen molar-refractivity contribution in [2.75, 3.05) is 26.7 Å². The number of benzene rings is 1. The lowest BCUT2D eigenvalue weighted by atomic mass is 9.99. The molecular weight excluding hydrogens is 228 g/mol. The quantitative estimate of drug-likeness (QED) is 0.855. The molecule has 0 spiro atoms. The van der Waals surface area contributed by atoms with E-state index in [0.29, 0.717) is 5.75 Å². The fourth-order valence-corrected chi connectivity index (χ4v) is 2.38. The molecule has 0 amide bonds. The second kappa shape index (κ2) is 5.16. The summed E-state index contributed by atoms with van der Waals surface area (Å²) >= 11 is 0. The number of ether oxygens (including phenoxy) is 1. The van der Waals surface area contributed by atoms with Crippen LogP contribution in [0.3, 0.4) is 0 Å². The fourth-order valence-electron chi connectivity index (χ4n) is 2.38. The van der Waals surface area contributed by atoms with E-state index >= 15 is 0 Å². The lowest BCUT2D eigenvalue weighted by molar-refractivity contribution is 0.0818. The highest BCUT2D eigenvalue weighted by atomic mass is 16.5. The van der Waals surface area contributed by atoms with E-state index in [0.717, 1.165) is 31.7 Å². The predicted octanol–water partition coefficient (Wildman–Crippen LogP) is 1.58. The Morgan fingerprint density at radius 1 is 1.44 bits per heavy atom. The normalized spacial score (nSPS) is 19.7. The number of nitrogens with one attached hydrogen (secondary N) is 1. The van der Waals surface area contributed by atoms with Crippen molar-refractivity contribution in [2.24, 2.45) is 0 Å². The molecule has 0 aromatic heterocycles. The Balaban J connectivity index is 2.18. The zero-order chi connectivity index (χ0) is 13.2. The number of piperazine rings is 1. The molecule has 2 N–H and O–H groups in total. The molecule has 0 aliphatic carbocycles. The second-order valence-electron chi connectivity index (χ2n) is 5.38. The van der Waals surface area contributed by atoms with Crippen molar-refractivity contribution in [1.29, 1.82) is 0 Å². The van der Waals surface area contributed by atoms with Gasteiger partial charge in [0.2, 0.25) is 0 Å². The SMILES string of the molecule is COc1cccc(CN2CCNCC2(C)C)c1O. The summed E-state index contributed by atoms with van der Waals surface area (Å²) in [5.41, 5.74) is 1.03. The van der Waals surface area contributed by atoms with Gasteiger partial charge in [0.05, 0.1) is 7.11 Å². The molecular formula is C14H22N2O2. The van der Waals surface area contributed by atoms with Gasteiger partial charge in [-0.05, 0) is 19.9 Å². The number of hydrogen-bond acceptors (Lipinski definition) is 4. The first-order valence-corrected chi connectivity index (χ1v) is 6.35. The van der Waals surface area contributed by atoms with Gasteiger partial charge in [-0.25, -0.2) is 0 Å². The van der Waals surface area contributed by atoms with Crippen LogP contribution in [-0.2, 0) is 6.54 Å². The number of phenols is 1. The minimum absolute atomic E-state index is 0.105. The first-order valence-electron chi connectivity index (χ1n) is 6.35. The Morgan fingerprint density at radius 2 is 2.22 bits per heavy atom. The van der Waals surface area contributed by atoms with Crippen LogP contribution in [0, 0.1) is 0 Å². The maximum atomic E-state index is 10.1. The zero-order valence-corrected chi connectivity index (χ0v) is 11.4. The summed E-state index contributed by atoms with van der Waals surface area (Å²) in [4.78, 5) is 2.39. The van der Waals surface area contributed by atoms with Crippen LogP contribution < -0.4 is 10.1 Å². The third-order valence-corrected chi connectivity index (χ3v) is 3.64. The highest BCUT2D eigenvalue weighted by Gasteiger charge is 2.30. The molecule has 1 aromatic carbocycles. The number of rotatable bonds is 3. The van der Waals surface area contributed by atoms with Crippen LogP contribution in [0.4, 0.5) is 0 Å². The lowest BCUT2D eigenvalue weighted by Gasteiger charge is -2.43. The minimum atomic E-state index is 0.105. The topological polar surface area (TPSA) is 44.7 Å². The molecule has 0 atom stereocenters. The van der Waals surface area contributed by atoms with E-state index in [1.165, 1.54) is 0 Å².